The third-order valence-electron chi connectivity index (χ3n) is 1.93. The van der Waals surface area contributed by atoms with Crippen molar-refractivity contribution in [1.82, 2.24) is 4.98 Å². The molecule has 16 heavy (non-hydrogen) atoms. The van der Waals surface area contributed by atoms with Crippen molar-refractivity contribution < 1.29 is 4.74 Å². The highest BCUT2D eigenvalue weighted by atomic mass is 127. The maximum Gasteiger partial charge on any atom is 0.183 e. The van der Waals surface area contributed by atoms with E-state index in [1.54, 1.807) is 18.3 Å². The standard InChI is InChI=1S/C12H7IN2O/c13-9-4-1-2-5-11(9)16-12-6-3-7-15-10(12)8-14/h1-7H. The summed E-state index contributed by atoms with van der Waals surface area (Å²) in [5.74, 6) is 1.21. The number of pyridine rings is 1. The molecule has 0 aliphatic carbocycles. The zero-order valence-corrected chi connectivity index (χ0v) is 10.4. The highest BCUT2D eigenvalue weighted by molar-refractivity contribution is 14.1. The summed E-state index contributed by atoms with van der Waals surface area (Å²) in [5, 5.41) is 8.87. The van der Waals surface area contributed by atoms with Gasteiger partial charge in [0.2, 0.25) is 0 Å². The molecule has 3 nitrogen and oxygen atoms in total. The van der Waals surface area contributed by atoms with Crippen LogP contribution in [0.25, 0.3) is 0 Å². The second-order valence-electron chi connectivity index (χ2n) is 2.99. The van der Waals surface area contributed by atoms with E-state index in [1.165, 1.54) is 0 Å². The quantitative estimate of drug-likeness (QED) is 0.797. The topological polar surface area (TPSA) is 45.9 Å². The van der Waals surface area contributed by atoms with Gasteiger partial charge in [-0.2, -0.15) is 5.26 Å². The van der Waals surface area contributed by atoms with Crippen LogP contribution in [0, 0.1) is 14.9 Å². The van der Waals surface area contributed by atoms with Crippen LogP contribution in [-0.2, 0) is 0 Å². The smallest absolute Gasteiger partial charge is 0.183 e. The van der Waals surface area contributed by atoms with E-state index in [4.69, 9.17) is 10.00 Å². The van der Waals surface area contributed by atoms with Gasteiger partial charge in [0.25, 0.3) is 0 Å². The van der Waals surface area contributed by atoms with Gasteiger partial charge in [-0.25, -0.2) is 4.98 Å². The van der Waals surface area contributed by atoms with Crippen molar-refractivity contribution in [2.24, 2.45) is 0 Å². The van der Waals surface area contributed by atoms with E-state index in [1.807, 2.05) is 30.3 Å². The first-order valence-corrected chi connectivity index (χ1v) is 5.66. The molecule has 1 aromatic carbocycles. The molecule has 0 saturated carbocycles. The second kappa shape index (κ2) is 4.94. The minimum atomic E-state index is 0.294. The Hall–Kier alpha value is -1.61. The van der Waals surface area contributed by atoms with Gasteiger partial charge in [0.1, 0.15) is 11.8 Å². The lowest BCUT2D eigenvalue weighted by Crippen LogP contribution is -1.91. The van der Waals surface area contributed by atoms with E-state index in [9.17, 15) is 0 Å². The van der Waals surface area contributed by atoms with Gasteiger partial charge < -0.3 is 4.74 Å². The molecule has 1 aromatic heterocycles. The molecule has 0 spiro atoms. The molecule has 78 valence electrons. The molecule has 2 rings (SSSR count). The Kier molecular flexibility index (Phi) is 3.37. The van der Waals surface area contributed by atoms with Gasteiger partial charge >= 0.3 is 0 Å². The number of para-hydroxylation sites is 1. The highest BCUT2D eigenvalue weighted by Crippen LogP contribution is 2.27. The lowest BCUT2D eigenvalue weighted by atomic mass is 10.3. The number of aromatic nitrogens is 1. The molecular formula is C12H7IN2O. The van der Waals surface area contributed by atoms with Crippen LogP contribution in [0.4, 0.5) is 0 Å². The normalized spacial score (nSPS) is 9.50. The number of ether oxygens (including phenoxy) is 1. The molecule has 0 atom stereocenters. The minimum Gasteiger partial charge on any atom is -0.453 e. The number of nitrogens with zero attached hydrogens (tertiary/aromatic N) is 2. The van der Waals surface area contributed by atoms with Crippen LogP contribution in [0.1, 0.15) is 5.69 Å². The van der Waals surface area contributed by atoms with Crippen molar-refractivity contribution in [3.05, 3.63) is 51.9 Å². The fourth-order valence-electron chi connectivity index (χ4n) is 1.20. The summed E-state index contributed by atoms with van der Waals surface area (Å²) < 4.78 is 6.63. The lowest BCUT2D eigenvalue weighted by Gasteiger charge is -2.07. The minimum absolute atomic E-state index is 0.294. The van der Waals surface area contributed by atoms with Gasteiger partial charge in [0, 0.05) is 6.20 Å². The van der Waals surface area contributed by atoms with Crippen LogP contribution in [0.5, 0.6) is 11.5 Å². The molecular weight excluding hydrogens is 315 g/mol. The molecule has 1 heterocycles. The van der Waals surface area contributed by atoms with Crippen molar-refractivity contribution in [1.29, 1.82) is 5.26 Å². The van der Waals surface area contributed by atoms with Gasteiger partial charge in [-0.1, -0.05) is 12.1 Å². The van der Waals surface area contributed by atoms with E-state index in [0.717, 1.165) is 9.32 Å². The van der Waals surface area contributed by atoms with Crippen LogP contribution < -0.4 is 4.74 Å². The Morgan fingerprint density at radius 3 is 2.62 bits per heavy atom. The SMILES string of the molecule is N#Cc1ncccc1Oc1ccccc1I. The number of rotatable bonds is 2. The number of benzene rings is 1. The van der Waals surface area contributed by atoms with Crippen LogP contribution in [0.15, 0.2) is 42.6 Å². The maximum absolute atomic E-state index is 8.87. The van der Waals surface area contributed by atoms with E-state index in [0.29, 0.717) is 11.4 Å². The van der Waals surface area contributed by atoms with E-state index < -0.39 is 0 Å². The van der Waals surface area contributed by atoms with Gasteiger partial charge in [-0.05, 0) is 46.9 Å². The monoisotopic (exact) mass is 322 g/mol. The van der Waals surface area contributed by atoms with Gasteiger partial charge in [0.15, 0.2) is 11.4 Å². The van der Waals surface area contributed by atoms with Gasteiger partial charge in [-0.15, -0.1) is 0 Å². The van der Waals surface area contributed by atoms with Crippen molar-refractivity contribution >= 4 is 22.6 Å². The maximum atomic E-state index is 8.87. The first-order chi connectivity index (χ1) is 7.81. The molecule has 2 aromatic rings. The number of nitriles is 1. The van der Waals surface area contributed by atoms with Crippen molar-refractivity contribution in [2.75, 3.05) is 0 Å². The summed E-state index contributed by atoms with van der Waals surface area (Å²) >= 11 is 2.18. The van der Waals surface area contributed by atoms with Crippen molar-refractivity contribution in [2.45, 2.75) is 0 Å². The summed E-state index contributed by atoms with van der Waals surface area (Å²) in [7, 11) is 0. The average molecular weight is 322 g/mol. The third kappa shape index (κ3) is 2.31. The molecule has 0 saturated heterocycles. The Bertz CT molecular complexity index is 549. The van der Waals surface area contributed by atoms with E-state index >= 15 is 0 Å². The Labute approximate surface area is 107 Å². The summed E-state index contributed by atoms with van der Waals surface area (Å²) in [6, 6.07) is 13.1. The lowest BCUT2D eigenvalue weighted by molar-refractivity contribution is 0.475. The zero-order valence-electron chi connectivity index (χ0n) is 8.22. The van der Waals surface area contributed by atoms with Crippen LogP contribution in [0.3, 0.4) is 0 Å². The molecule has 4 heteroatoms. The van der Waals surface area contributed by atoms with Crippen molar-refractivity contribution in [3.63, 3.8) is 0 Å². The second-order valence-corrected chi connectivity index (χ2v) is 4.16. The molecule has 0 radical (unpaired) electrons. The molecule has 0 aliphatic rings. The summed E-state index contributed by atoms with van der Waals surface area (Å²) in [4.78, 5) is 3.93. The molecule has 0 aliphatic heterocycles. The zero-order chi connectivity index (χ0) is 11.4. The van der Waals surface area contributed by atoms with Crippen LogP contribution >= 0.6 is 22.6 Å². The van der Waals surface area contributed by atoms with Gasteiger partial charge in [-0.3, -0.25) is 0 Å². The van der Waals surface area contributed by atoms with Crippen LogP contribution in [0.2, 0.25) is 0 Å². The van der Waals surface area contributed by atoms with E-state index in [2.05, 4.69) is 27.6 Å². The Morgan fingerprint density at radius 1 is 1.12 bits per heavy atom. The molecule has 0 bridgehead atoms. The largest absolute Gasteiger partial charge is 0.453 e. The Balaban J connectivity index is 2.35. The molecule has 0 fully saturated rings. The summed E-state index contributed by atoms with van der Waals surface area (Å²) in [5.41, 5.74) is 0.294. The first kappa shape index (κ1) is 10.9. The Morgan fingerprint density at radius 2 is 1.88 bits per heavy atom. The number of hydrogen-bond acceptors (Lipinski definition) is 3. The summed E-state index contributed by atoms with van der Waals surface area (Å²) in [6.07, 6.45) is 1.57. The van der Waals surface area contributed by atoms with Crippen molar-refractivity contribution in [3.8, 4) is 17.6 Å². The fraction of sp³-hybridized carbons (Fsp3) is 0. The predicted molar refractivity (Wildman–Crippen MR) is 68.2 cm³/mol. The number of hydrogen-bond donors (Lipinski definition) is 0. The molecule has 0 unspecified atom stereocenters. The number of halogens is 1. The average Bonchev–Trinajstić information content (AvgIpc) is 2.33. The van der Waals surface area contributed by atoms with E-state index in [-0.39, 0.29) is 0 Å². The first-order valence-electron chi connectivity index (χ1n) is 4.59. The predicted octanol–water partition coefficient (Wildman–Crippen LogP) is 3.35. The molecule has 0 amide bonds. The highest BCUT2D eigenvalue weighted by Gasteiger charge is 2.06. The third-order valence-corrected chi connectivity index (χ3v) is 2.82. The fourth-order valence-corrected chi connectivity index (χ4v) is 1.70. The molecule has 0 N–H and O–H groups in total. The summed E-state index contributed by atoms with van der Waals surface area (Å²) in [6.45, 7) is 0. The van der Waals surface area contributed by atoms with Crippen LogP contribution in [-0.4, -0.2) is 4.98 Å². The van der Waals surface area contributed by atoms with Gasteiger partial charge in [0.05, 0.1) is 3.57 Å².